The summed E-state index contributed by atoms with van der Waals surface area (Å²) in [6.07, 6.45) is 4.07. The Kier molecular flexibility index (Phi) is 1.93. The lowest BCUT2D eigenvalue weighted by Crippen LogP contribution is -2.15. The number of hydrogen-bond acceptors (Lipinski definition) is 3. The van der Waals surface area contributed by atoms with Crippen molar-refractivity contribution in [2.75, 3.05) is 17.2 Å². The molecular formula is C10H13N3. The zero-order valence-electron chi connectivity index (χ0n) is 7.53. The minimum Gasteiger partial charge on any atom is -0.384 e. The molecule has 0 unspecified atom stereocenters. The lowest BCUT2D eigenvalue weighted by molar-refractivity contribution is 0.954. The Morgan fingerprint density at radius 1 is 1.46 bits per heavy atom. The smallest absolute Gasteiger partial charge is 0.123 e. The zero-order chi connectivity index (χ0) is 9.26. The van der Waals surface area contributed by atoms with Gasteiger partial charge in [-0.15, -0.1) is 0 Å². The maximum absolute atomic E-state index is 5.51. The summed E-state index contributed by atoms with van der Waals surface area (Å²) in [5.41, 5.74) is 7.77. The number of nitrogen functional groups attached to an aromatic ring is 1. The van der Waals surface area contributed by atoms with Crippen LogP contribution in [0.15, 0.2) is 30.6 Å². The molecule has 3 nitrogen and oxygen atoms in total. The zero-order valence-corrected chi connectivity index (χ0v) is 7.53. The highest BCUT2D eigenvalue weighted by Gasteiger charge is 2.16. The monoisotopic (exact) mass is 175 g/mol. The van der Waals surface area contributed by atoms with E-state index in [4.69, 9.17) is 5.73 Å². The standard InChI is InChI=1S/C10H13N3/c1-8-3-2-6-13(8)9-4-5-10(11)12-7-9/h4-5,7H,1-3,6H2,(H2,11,12). The van der Waals surface area contributed by atoms with Gasteiger partial charge in [-0.25, -0.2) is 4.98 Å². The van der Waals surface area contributed by atoms with Gasteiger partial charge in [0.2, 0.25) is 0 Å². The molecule has 0 spiro atoms. The van der Waals surface area contributed by atoms with Crippen LogP contribution in [-0.4, -0.2) is 11.5 Å². The molecule has 0 atom stereocenters. The van der Waals surface area contributed by atoms with Gasteiger partial charge in [-0.1, -0.05) is 6.58 Å². The maximum atomic E-state index is 5.51. The van der Waals surface area contributed by atoms with Crippen molar-refractivity contribution in [2.24, 2.45) is 0 Å². The second-order valence-electron chi connectivity index (χ2n) is 3.26. The van der Waals surface area contributed by atoms with E-state index in [1.165, 1.54) is 12.1 Å². The molecule has 1 aliphatic heterocycles. The van der Waals surface area contributed by atoms with Crippen LogP contribution < -0.4 is 10.6 Å². The lowest BCUT2D eigenvalue weighted by Gasteiger charge is -2.18. The van der Waals surface area contributed by atoms with Gasteiger partial charge in [0.1, 0.15) is 5.82 Å². The second kappa shape index (κ2) is 3.09. The molecule has 13 heavy (non-hydrogen) atoms. The number of hydrogen-bond donors (Lipinski definition) is 1. The third kappa shape index (κ3) is 1.49. The van der Waals surface area contributed by atoms with Crippen LogP contribution in [0.1, 0.15) is 12.8 Å². The molecule has 0 saturated carbocycles. The van der Waals surface area contributed by atoms with E-state index in [1.807, 2.05) is 12.1 Å². The minimum atomic E-state index is 0.563. The molecule has 1 fully saturated rings. The summed E-state index contributed by atoms with van der Waals surface area (Å²) in [4.78, 5) is 6.24. The summed E-state index contributed by atoms with van der Waals surface area (Å²) in [6.45, 7) is 5.05. The highest BCUT2D eigenvalue weighted by atomic mass is 15.2. The molecule has 68 valence electrons. The normalized spacial score (nSPS) is 16.6. The third-order valence-electron chi connectivity index (χ3n) is 2.31. The quantitative estimate of drug-likeness (QED) is 0.707. The van der Waals surface area contributed by atoms with Crippen LogP contribution in [0, 0.1) is 0 Å². The van der Waals surface area contributed by atoms with Crippen LogP contribution in [0.25, 0.3) is 0 Å². The lowest BCUT2D eigenvalue weighted by atomic mass is 10.3. The second-order valence-corrected chi connectivity index (χ2v) is 3.26. The van der Waals surface area contributed by atoms with Crippen LogP contribution in [0.3, 0.4) is 0 Å². The van der Waals surface area contributed by atoms with E-state index >= 15 is 0 Å². The van der Waals surface area contributed by atoms with Crippen molar-refractivity contribution in [3.63, 3.8) is 0 Å². The van der Waals surface area contributed by atoms with Crippen LogP contribution in [0.5, 0.6) is 0 Å². The van der Waals surface area contributed by atoms with E-state index in [-0.39, 0.29) is 0 Å². The SMILES string of the molecule is C=C1CCCN1c1ccc(N)nc1. The molecule has 0 aromatic carbocycles. The van der Waals surface area contributed by atoms with E-state index in [9.17, 15) is 0 Å². The molecule has 1 aromatic rings. The van der Waals surface area contributed by atoms with E-state index in [0.29, 0.717) is 5.82 Å². The predicted octanol–water partition coefficient (Wildman–Crippen LogP) is 1.78. The average Bonchev–Trinajstić information content (AvgIpc) is 2.53. The van der Waals surface area contributed by atoms with Gasteiger partial charge in [-0.3, -0.25) is 0 Å². The molecule has 2 N–H and O–H groups in total. The number of pyridine rings is 1. The molecule has 0 bridgehead atoms. The van der Waals surface area contributed by atoms with E-state index < -0.39 is 0 Å². The Morgan fingerprint density at radius 3 is 2.85 bits per heavy atom. The van der Waals surface area contributed by atoms with Crippen molar-refractivity contribution < 1.29 is 0 Å². The van der Waals surface area contributed by atoms with Gasteiger partial charge >= 0.3 is 0 Å². The maximum Gasteiger partial charge on any atom is 0.123 e. The van der Waals surface area contributed by atoms with Crippen molar-refractivity contribution in [3.05, 3.63) is 30.6 Å². The summed E-state index contributed by atoms with van der Waals surface area (Å²) in [6, 6.07) is 3.81. The molecule has 0 amide bonds. The molecule has 1 saturated heterocycles. The van der Waals surface area contributed by atoms with Crippen molar-refractivity contribution in [2.45, 2.75) is 12.8 Å². The Labute approximate surface area is 77.9 Å². The molecule has 1 aliphatic rings. The van der Waals surface area contributed by atoms with E-state index in [1.54, 1.807) is 6.20 Å². The average molecular weight is 175 g/mol. The van der Waals surface area contributed by atoms with Gasteiger partial charge in [-0.05, 0) is 25.0 Å². The Bertz CT molecular complexity index is 315. The third-order valence-corrected chi connectivity index (χ3v) is 2.31. The van der Waals surface area contributed by atoms with Crippen LogP contribution >= 0.6 is 0 Å². The summed E-state index contributed by atoms with van der Waals surface area (Å²) in [5.74, 6) is 0.563. The van der Waals surface area contributed by atoms with Gasteiger partial charge in [0.15, 0.2) is 0 Å². The molecule has 2 heterocycles. The number of allylic oxidation sites excluding steroid dienone is 1. The van der Waals surface area contributed by atoms with E-state index in [2.05, 4.69) is 16.5 Å². The van der Waals surface area contributed by atoms with Crippen molar-refractivity contribution >= 4 is 11.5 Å². The number of nitrogens with zero attached hydrogens (tertiary/aromatic N) is 2. The molecule has 2 rings (SSSR count). The highest BCUT2D eigenvalue weighted by molar-refractivity contribution is 5.53. The van der Waals surface area contributed by atoms with E-state index in [0.717, 1.165) is 18.7 Å². The van der Waals surface area contributed by atoms with Gasteiger partial charge in [0, 0.05) is 12.2 Å². The number of nitrogens with two attached hydrogens (primary N) is 1. The van der Waals surface area contributed by atoms with Gasteiger partial charge in [0.05, 0.1) is 11.9 Å². The fourth-order valence-electron chi connectivity index (χ4n) is 1.60. The van der Waals surface area contributed by atoms with Crippen LogP contribution in [0.4, 0.5) is 11.5 Å². The predicted molar refractivity (Wildman–Crippen MR) is 54.4 cm³/mol. The first-order chi connectivity index (χ1) is 6.27. The summed E-state index contributed by atoms with van der Waals surface area (Å²) < 4.78 is 0. The Hall–Kier alpha value is -1.51. The fraction of sp³-hybridized carbons (Fsp3) is 0.300. The van der Waals surface area contributed by atoms with Gasteiger partial charge < -0.3 is 10.6 Å². The number of anilines is 2. The van der Waals surface area contributed by atoms with Crippen molar-refractivity contribution in [1.29, 1.82) is 0 Å². The van der Waals surface area contributed by atoms with Gasteiger partial charge in [-0.2, -0.15) is 0 Å². The number of rotatable bonds is 1. The first-order valence-corrected chi connectivity index (χ1v) is 4.44. The molecule has 0 aliphatic carbocycles. The Morgan fingerprint density at radius 2 is 2.31 bits per heavy atom. The summed E-state index contributed by atoms with van der Waals surface area (Å²) in [5, 5.41) is 0. The highest BCUT2D eigenvalue weighted by Crippen LogP contribution is 2.26. The molecular weight excluding hydrogens is 162 g/mol. The molecule has 3 heteroatoms. The first-order valence-electron chi connectivity index (χ1n) is 4.44. The summed E-state index contributed by atoms with van der Waals surface area (Å²) >= 11 is 0. The van der Waals surface area contributed by atoms with Gasteiger partial charge in [0.25, 0.3) is 0 Å². The van der Waals surface area contributed by atoms with Crippen LogP contribution in [0.2, 0.25) is 0 Å². The largest absolute Gasteiger partial charge is 0.384 e. The number of aromatic nitrogens is 1. The first kappa shape index (κ1) is 8.10. The minimum absolute atomic E-state index is 0.563. The van der Waals surface area contributed by atoms with Crippen molar-refractivity contribution in [3.8, 4) is 0 Å². The topological polar surface area (TPSA) is 42.1 Å². The summed E-state index contributed by atoms with van der Waals surface area (Å²) in [7, 11) is 0. The molecule has 1 aromatic heterocycles. The molecule has 0 radical (unpaired) electrons. The van der Waals surface area contributed by atoms with Crippen LogP contribution in [-0.2, 0) is 0 Å². The Balaban J connectivity index is 2.25. The fourth-order valence-corrected chi connectivity index (χ4v) is 1.60. The van der Waals surface area contributed by atoms with Crippen molar-refractivity contribution in [1.82, 2.24) is 4.98 Å².